The van der Waals surface area contributed by atoms with E-state index in [2.05, 4.69) is 12.2 Å². The summed E-state index contributed by atoms with van der Waals surface area (Å²) in [6.45, 7) is 1.48. The first kappa shape index (κ1) is 6.89. The average molecular weight is 152 g/mol. The van der Waals surface area contributed by atoms with Gasteiger partial charge in [0.25, 0.3) is 0 Å². The molecule has 1 fully saturated rings. The van der Waals surface area contributed by atoms with Crippen LogP contribution < -0.4 is 0 Å². The first-order valence-electron chi connectivity index (χ1n) is 4.11. The molecule has 0 aromatic heterocycles. The Morgan fingerprint density at radius 2 is 2.27 bits per heavy atom. The molecule has 2 aliphatic carbocycles. The summed E-state index contributed by atoms with van der Waals surface area (Å²) in [5.41, 5.74) is 0. The Morgan fingerprint density at radius 1 is 1.45 bits per heavy atom. The molecule has 2 heteroatoms. The molecular formula is C9H12O2. The van der Waals surface area contributed by atoms with Gasteiger partial charge < -0.3 is 4.74 Å². The van der Waals surface area contributed by atoms with Gasteiger partial charge in [-0.3, -0.25) is 4.79 Å². The summed E-state index contributed by atoms with van der Waals surface area (Å²) >= 11 is 0. The van der Waals surface area contributed by atoms with Gasteiger partial charge in [-0.15, -0.1) is 0 Å². The van der Waals surface area contributed by atoms with Crippen molar-refractivity contribution in [3.8, 4) is 0 Å². The van der Waals surface area contributed by atoms with Crippen LogP contribution in [0.4, 0.5) is 0 Å². The molecule has 0 saturated heterocycles. The Morgan fingerprint density at radius 3 is 2.73 bits per heavy atom. The van der Waals surface area contributed by atoms with Gasteiger partial charge in [0.1, 0.15) is 6.10 Å². The zero-order valence-electron chi connectivity index (χ0n) is 6.62. The lowest BCUT2D eigenvalue weighted by Crippen LogP contribution is -2.20. The predicted molar refractivity (Wildman–Crippen MR) is 40.9 cm³/mol. The number of esters is 1. The van der Waals surface area contributed by atoms with Gasteiger partial charge in [0.15, 0.2) is 0 Å². The number of hydrogen-bond acceptors (Lipinski definition) is 2. The molecule has 3 atom stereocenters. The standard InChI is InChI=1S/C9H12O2/c1-6(10)11-9-5-7-2-3-8(9)4-7/h2-3,7-9H,4-5H2,1H3/t7-,8+,9?/m1/s1. The third-order valence-electron chi connectivity index (χ3n) is 2.54. The van der Waals surface area contributed by atoms with Crippen LogP contribution in [0.2, 0.25) is 0 Å². The van der Waals surface area contributed by atoms with Crippen molar-refractivity contribution in [2.24, 2.45) is 11.8 Å². The van der Waals surface area contributed by atoms with E-state index in [1.165, 1.54) is 13.3 Å². The zero-order chi connectivity index (χ0) is 7.84. The van der Waals surface area contributed by atoms with Gasteiger partial charge in [-0.05, 0) is 18.8 Å². The Bertz CT molecular complexity index is 208. The summed E-state index contributed by atoms with van der Waals surface area (Å²) in [6, 6.07) is 0. The van der Waals surface area contributed by atoms with E-state index in [9.17, 15) is 4.79 Å². The maximum absolute atomic E-state index is 10.6. The fourth-order valence-electron chi connectivity index (χ4n) is 2.08. The van der Waals surface area contributed by atoms with E-state index in [1.807, 2.05) is 0 Å². The Kier molecular flexibility index (Phi) is 1.48. The predicted octanol–water partition coefficient (Wildman–Crippen LogP) is 1.51. The molecule has 0 spiro atoms. The number of hydrogen-bond donors (Lipinski definition) is 0. The van der Waals surface area contributed by atoms with Crippen LogP contribution in [0.15, 0.2) is 12.2 Å². The third-order valence-corrected chi connectivity index (χ3v) is 2.54. The van der Waals surface area contributed by atoms with Gasteiger partial charge >= 0.3 is 5.97 Å². The molecule has 0 radical (unpaired) electrons. The first-order valence-corrected chi connectivity index (χ1v) is 4.11. The van der Waals surface area contributed by atoms with Crippen LogP contribution in [-0.4, -0.2) is 12.1 Å². The molecule has 2 aliphatic rings. The minimum Gasteiger partial charge on any atom is -0.462 e. The number of fused-ring (bicyclic) bond motifs is 2. The van der Waals surface area contributed by atoms with E-state index in [4.69, 9.17) is 4.74 Å². The number of allylic oxidation sites excluding steroid dienone is 1. The van der Waals surface area contributed by atoms with E-state index < -0.39 is 0 Å². The molecule has 11 heavy (non-hydrogen) atoms. The lowest BCUT2D eigenvalue weighted by atomic mass is 10.0. The Hall–Kier alpha value is -0.790. The molecule has 60 valence electrons. The molecule has 0 heterocycles. The van der Waals surface area contributed by atoms with Crippen molar-refractivity contribution in [2.45, 2.75) is 25.9 Å². The van der Waals surface area contributed by atoms with Crippen molar-refractivity contribution < 1.29 is 9.53 Å². The van der Waals surface area contributed by atoms with Gasteiger partial charge in [-0.2, -0.15) is 0 Å². The fourth-order valence-corrected chi connectivity index (χ4v) is 2.08. The van der Waals surface area contributed by atoms with Gasteiger partial charge in [-0.1, -0.05) is 12.2 Å². The SMILES string of the molecule is CC(=O)OC1C[C@@H]2C=C[C@H]1C2. The van der Waals surface area contributed by atoms with E-state index in [1.54, 1.807) is 0 Å². The summed E-state index contributed by atoms with van der Waals surface area (Å²) in [4.78, 5) is 10.6. The highest BCUT2D eigenvalue weighted by atomic mass is 16.5. The third kappa shape index (κ3) is 1.17. The summed E-state index contributed by atoms with van der Waals surface area (Å²) < 4.78 is 5.15. The van der Waals surface area contributed by atoms with E-state index >= 15 is 0 Å². The second kappa shape index (κ2) is 2.36. The van der Waals surface area contributed by atoms with E-state index in [0.717, 1.165) is 6.42 Å². The van der Waals surface area contributed by atoms with Gasteiger partial charge in [0.05, 0.1) is 0 Å². The molecule has 0 aromatic carbocycles. The molecule has 0 aliphatic heterocycles. The summed E-state index contributed by atoms with van der Waals surface area (Å²) in [7, 11) is 0. The van der Waals surface area contributed by atoms with Crippen molar-refractivity contribution in [1.82, 2.24) is 0 Å². The average Bonchev–Trinajstić information content (AvgIpc) is 2.45. The molecule has 0 aromatic rings. The van der Waals surface area contributed by atoms with Crippen LogP contribution in [0.1, 0.15) is 19.8 Å². The van der Waals surface area contributed by atoms with Crippen molar-refractivity contribution >= 4 is 5.97 Å². The Balaban J connectivity index is 1.98. The minimum atomic E-state index is -0.143. The topological polar surface area (TPSA) is 26.3 Å². The van der Waals surface area contributed by atoms with Crippen LogP contribution in [0.3, 0.4) is 0 Å². The van der Waals surface area contributed by atoms with Crippen LogP contribution >= 0.6 is 0 Å². The molecule has 1 unspecified atom stereocenters. The van der Waals surface area contributed by atoms with Crippen LogP contribution in [0, 0.1) is 11.8 Å². The largest absolute Gasteiger partial charge is 0.462 e. The number of carbonyl (C=O) groups excluding carboxylic acids is 1. The second-order valence-corrected chi connectivity index (χ2v) is 3.43. The highest BCUT2D eigenvalue weighted by Gasteiger charge is 2.37. The quantitative estimate of drug-likeness (QED) is 0.420. The highest BCUT2D eigenvalue weighted by molar-refractivity contribution is 5.66. The van der Waals surface area contributed by atoms with Crippen molar-refractivity contribution in [2.75, 3.05) is 0 Å². The minimum absolute atomic E-state index is 0.143. The van der Waals surface area contributed by atoms with E-state index in [0.29, 0.717) is 11.8 Å². The molecular weight excluding hydrogens is 140 g/mol. The Labute approximate surface area is 66.2 Å². The normalized spacial score (nSPS) is 39.5. The summed E-state index contributed by atoms with van der Waals surface area (Å²) in [6.07, 6.45) is 6.84. The first-order chi connectivity index (χ1) is 5.25. The van der Waals surface area contributed by atoms with Gasteiger partial charge in [0, 0.05) is 12.8 Å². The molecule has 2 bridgehead atoms. The summed E-state index contributed by atoms with van der Waals surface area (Å²) in [5.74, 6) is 1.06. The lowest BCUT2D eigenvalue weighted by Gasteiger charge is -2.17. The van der Waals surface area contributed by atoms with Gasteiger partial charge in [0.2, 0.25) is 0 Å². The summed E-state index contributed by atoms with van der Waals surface area (Å²) in [5, 5.41) is 0. The van der Waals surface area contributed by atoms with Crippen LogP contribution in [0.25, 0.3) is 0 Å². The molecule has 1 saturated carbocycles. The number of ether oxygens (including phenoxy) is 1. The molecule has 0 N–H and O–H groups in total. The van der Waals surface area contributed by atoms with Crippen LogP contribution in [0.5, 0.6) is 0 Å². The van der Waals surface area contributed by atoms with Crippen molar-refractivity contribution in [3.63, 3.8) is 0 Å². The van der Waals surface area contributed by atoms with Gasteiger partial charge in [-0.25, -0.2) is 0 Å². The molecule has 2 rings (SSSR count). The van der Waals surface area contributed by atoms with Crippen molar-refractivity contribution in [1.29, 1.82) is 0 Å². The zero-order valence-corrected chi connectivity index (χ0v) is 6.62. The lowest BCUT2D eigenvalue weighted by molar-refractivity contribution is -0.147. The maximum Gasteiger partial charge on any atom is 0.302 e. The smallest absolute Gasteiger partial charge is 0.302 e. The van der Waals surface area contributed by atoms with E-state index in [-0.39, 0.29) is 12.1 Å². The highest BCUT2D eigenvalue weighted by Crippen LogP contribution is 2.40. The monoisotopic (exact) mass is 152 g/mol. The fraction of sp³-hybridized carbons (Fsp3) is 0.667. The second-order valence-electron chi connectivity index (χ2n) is 3.43. The van der Waals surface area contributed by atoms with Crippen molar-refractivity contribution in [3.05, 3.63) is 12.2 Å². The number of carbonyl (C=O) groups is 1. The molecule has 0 amide bonds. The molecule has 2 nitrogen and oxygen atoms in total. The van der Waals surface area contributed by atoms with Crippen LogP contribution in [-0.2, 0) is 9.53 Å². The maximum atomic E-state index is 10.6. The number of rotatable bonds is 1.